The Balaban J connectivity index is 1.81. The summed E-state index contributed by atoms with van der Waals surface area (Å²) in [5.74, 6) is 0.419. The summed E-state index contributed by atoms with van der Waals surface area (Å²) in [7, 11) is -4.54. The molecule has 10 heteroatoms. The van der Waals surface area contributed by atoms with Gasteiger partial charge in [-0.2, -0.15) is 8.42 Å². The standard InChI is InChI=1S/C20H26BClN2O5S/c1-13(2)27-15-9-10-23-18(12-15)30(25,26)24-17-8-7-14(11-16(17)22)21-28-19(3,4)20(5,6)29-21/h7-13,24H,1-6H3. The predicted molar refractivity (Wildman–Crippen MR) is 118 cm³/mol. The van der Waals surface area contributed by atoms with Gasteiger partial charge in [0.2, 0.25) is 0 Å². The second kappa shape index (κ2) is 8.03. The fourth-order valence-corrected chi connectivity index (χ4v) is 4.16. The van der Waals surface area contributed by atoms with Crippen molar-refractivity contribution in [1.82, 2.24) is 4.98 Å². The van der Waals surface area contributed by atoms with Crippen LogP contribution in [0.25, 0.3) is 0 Å². The zero-order valence-electron chi connectivity index (χ0n) is 17.9. The number of pyridine rings is 1. The van der Waals surface area contributed by atoms with E-state index in [4.69, 9.17) is 25.6 Å². The highest BCUT2D eigenvalue weighted by Crippen LogP contribution is 2.37. The number of nitrogens with one attached hydrogen (secondary N) is 1. The topological polar surface area (TPSA) is 86.8 Å². The molecule has 1 N–H and O–H groups in total. The first-order valence-corrected chi connectivity index (χ1v) is 11.5. The molecule has 1 saturated heterocycles. The van der Waals surface area contributed by atoms with Crippen LogP contribution in [0.15, 0.2) is 41.6 Å². The molecule has 0 unspecified atom stereocenters. The lowest BCUT2D eigenvalue weighted by atomic mass is 9.79. The highest BCUT2D eigenvalue weighted by molar-refractivity contribution is 7.92. The van der Waals surface area contributed by atoms with Gasteiger partial charge in [-0.3, -0.25) is 4.72 Å². The Hall–Kier alpha value is -1.81. The Morgan fingerprint density at radius 3 is 2.30 bits per heavy atom. The van der Waals surface area contributed by atoms with Crippen LogP contribution < -0.4 is 14.9 Å². The van der Waals surface area contributed by atoms with Crippen molar-refractivity contribution in [2.75, 3.05) is 4.72 Å². The first kappa shape index (κ1) is 22.9. The van der Waals surface area contributed by atoms with Crippen molar-refractivity contribution >= 4 is 39.9 Å². The minimum atomic E-state index is -3.95. The lowest BCUT2D eigenvalue weighted by Gasteiger charge is -2.32. The third-order valence-electron chi connectivity index (χ3n) is 5.12. The fraction of sp³-hybridized carbons (Fsp3) is 0.450. The molecule has 2 aromatic rings. The number of aromatic nitrogens is 1. The van der Waals surface area contributed by atoms with Crippen LogP contribution in [0.5, 0.6) is 5.75 Å². The molecule has 0 amide bonds. The van der Waals surface area contributed by atoms with Gasteiger partial charge in [-0.1, -0.05) is 17.7 Å². The Kier molecular flexibility index (Phi) is 6.12. The van der Waals surface area contributed by atoms with Crippen molar-refractivity contribution in [3.05, 3.63) is 41.6 Å². The highest BCUT2D eigenvalue weighted by Gasteiger charge is 2.51. The van der Waals surface area contributed by atoms with Gasteiger partial charge in [-0.25, -0.2) is 4.98 Å². The van der Waals surface area contributed by atoms with Crippen molar-refractivity contribution in [1.29, 1.82) is 0 Å². The molecular weight excluding hydrogens is 427 g/mol. The number of sulfonamides is 1. The van der Waals surface area contributed by atoms with E-state index in [0.29, 0.717) is 11.2 Å². The fourth-order valence-electron chi connectivity index (χ4n) is 2.82. The zero-order chi connectivity index (χ0) is 22.3. The molecule has 0 aliphatic carbocycles. The molecule has 0 bridgehead atoms. The molecule has 162 valence electrons. The van der Waals surface area contributed by atoms with Gasteiger partial charge in [-0.05, 0) is 65.2 Å². The van der Waals surface area contributed by atoms with Crippen LogP contribution in [0.4, 0.5) is 5.69 Å². The van der Waals surface area contributed by atoms with Gasteiger partial charge < -0.3 is 14.0 Å². The van der Waals surface area contributed by atoms with Crippen LogP contribution in [0.3, 0.4) is 0 Å². The van der Waals surface area contributed by atoms with Gasteiger partial charge in [0.25, 0.3) is 10.0 Å². The molecule has 7 nitrogen and oxygen atoms in total. The molecule has 0 spiro atoms. The molecule has 0 radical (unpaired) electrons. The first-order chi connectivity index (χ1) is 13.8. The van der Waals surface area contributed by atoms with Gasteiger partial charge in [0.15, 0.2) is 5.03 Å². The monoisotopic (exact) mass is 452 g/mol. The lowest BCUT2D eigenvalue weighted by molar-refractivity contribution is 0.00578. The summed E-state index contributed by atoms with van der Waals surface area (Å²) in [4.78, 5) is 3.94. The Bertz CT molecular complexity index is 1030. The van der Waals surface area contributed by atoms with Crippen LogP contribution in [-0.2, 0) is 19.3 Å². The summed E-state index contributed by atoms with van der Waals surface area (Å²) in [5.41, 5.74) is -0.0425. The quantitative estimate of drug-likeness (QED) is 0.674. The second-order valence-corrected chi connectivity index (χ2v) is 10.5. The SMILES string of the molecule is CC(C)Oc1ccnc(S(=O)(=O)Nc2ccc(B3OC(C)(C)C(C)(C)O3)cc2Cl)c1. The van der Waals surface area contributed by atoms with Crippen LogP contribution in [0, 0.1) is 0 Å². The van der Waals surface area contributed by atoms with Gasteiger partial charge in [-0.15, -0.1) is 0 Å². The Morgan fingerprint density at radius 1 is 1.10 bits per heavy atom. The largest absolute Gasteiger partial charge is 0.494 e. The van der Waals surface area contributed by atoms with Crippen molar-refractivity contribution < 1.29 is 22.5 Å². The molecule has 0 saturated carbocycles. The molecule has 1 aromatic heterocycles. The smallest absolute Gasteiger partial charge is 0.491 e. The van der Waals surface area contributed by atoms with Gasteiger partial charge >= 0.3 is 7.12 Å². The molecule has 1 aliphatic rings. The van der Waals surface area contributed by atoms with E-state index >= 15 is 0 Å². The highest BCUT2D eigenvalue weighted by atomic mass is 35.5. The van der Waals surface area contributed by atoms with Gasteiger partial charge in [0, 0.05) is 12.3 Å². The number of hydrogen-bond donors (Lipinski definition) is 1. The minimum absolute atomic E-state index is 0.0899. The van der Waals surface area contributed by atoms with E-state index in [9.17, 15) is 8.42 Å². The van der Waals surface area contributed by atoms with E-state index in [1.54, 1.807) is 24.3 Å². The lowest BCUT2D eigenvalue weighted by Crippen LogP contribution is -2.41. The maximum atomic E-state index is 12.8. The Labute approximate surface area is 183 Å². The van der Waals surface area contributed by atoms with Crippen LogP contribution in [-0.4, -0.2) is 37.8 Å². The van der Waals surface area contributed by atoms with E-state index in [1.165, 1.54) is 12.3 Å². The third kappa shape index (κ3) is 4.75. The van der Waals surface area contributed by atoms with Crippen LogP contribution in [0.1, 0.15) is 41.5 Å². The summed E-state index contributed by atoms with van der Waals surface area (Å²) in [6.07, 6.45) is 1.29. The van der Waals surface area contributed by atoms with E-state index in [2.05, 4.69) is 9.71 Å². The number of hydrogen-bond acceptors (Lipinski definition) is 6. The van der Waals surface area contributed by atoms with E-state index in [-0.39, 0.29) is 21.8 Å². The number of halogens is 1. The summed E-state index contributed by atoms with van der Waals surface area (Å²) >= 11 is 6.36. The molecule has 1 aliphatic heterocycles. The molecule has 0 atom stereocenters. The number of anilines is 1. The summed E-state index contributed by atoms with van der Waals surface area (Å²) in [6.45, 7) is 11.5. The summed E-state index contributed by atoms with van der Waals surface area (Å²) < 4.78 is 45.6. The maximum absolute atomic E-state index is 12.8. The molecule has 30 heavy (non-hydrogen) atoms. The number of rotatable bonds is 6. The van der Waals surface area contributed by atoms with Gasteiger partial charge in [0.1, 0.15) is 5.75 Å². The minimum Gasteiger partial charge on any atom is -0.491 e. The van der Waals surface area contributed by atoms with Crippen LogP contribution in [0.2, 0.25) is 5.02 Å². The average Bonchev–Trinajstić information content (AvgIpc) is 2.84. The maximum Gasteiger partial charge on any atom is 0.494 e. The van der Waals surface area contributed by atoms with Crippen molar-refractivity contribution in [3.63, 3.8) is 0 Å². The van der Waals surface area contributed by atoms with E-state index in [1.807, 2.05) is 41.5 Å². The van der Waals surface area contributed by atoms with E-state index < -0.39 is 28.3 Å². The van der Waals surface area contributed by atoms with Gasteiger partial charge in [0.05, 0.1) is 28.0 Å². The van der Waals surface area contributed by atoms with Crippen molar-refractivity contribution in [2.24, 2.45) is 0 Å². The zero-order valence-corrected chi connectivity index (χ0v) is 19.5. The third-order valence-corrected chi connectivity index (χ3v) is 6.69. The normalized spacial score (nSPS) is 17.9. The van der Waals surface area contributed by atoms with Crippen molar-refractivity contribution in [3.8, 4) is 5.75 Å². The average molecular weight is 453 g/mol. The van der Waals surface area contributed by atoms with E-state index in [0.717, 1.165) is 0 Å². The molecular formula is C20H26BClN2O5S. The van der Waals surface area contributed by atoms with Crippen molar-refractivity contribution in [2.45, 2.75) is 63.9 Å². The Morgan fingerprint density at radius 2 is 1.73 bits per heavy atom. The first-order valence-electron chi connectivity index (χ1n) is 9.61. The number of nitrogens with zero attached hydrogens (tertiary/aromatic N) is 1. The summed E-state index contributed by atoms with van der Waals surface area (Å²) in [5, 5.41) is 0.0622. The molecule has 1 fully saturated rings. The molecule has 3 rings (SSSR count). The number of benzene rings is 1. The second-order valence-electron chi connectivity index (χ2n) is 8.43. The van der Waals surface area contributed by atoms with Crippen LogP contribution >= 0.6 is 11.6 Å². The molecule has 1 aromatic carbocycles. The summed E-state index contributed by atoms with van der Waals surface area (Å²) in [6, 6.07) is 7.90. The molecule has 2 heterocycles. The predicted octanol–water partition coefficient (Wildman–Crippen LogP) is 3.62. The number of ether oxygens (including phenoxy) is 1.